The first kappa shape index (κ1) is 16.4. The van der Waals surface area contributed by atoms with Crippen molar-refractivity contribution >= 4 is 22.8 Å². The molecule has 0 unspecified atom stereocenters. The molecule has 5 nitrogen and oxygen atoms in total. The number of nitrogens with zero attached hydrogens (tertiary/aromatic N) is 1. The van der Waals surface area contributed by atoms with Gasteiger partial charge in [0.1, 0.15) is 6.04 Å². The number of benzene rings is 2. The predicted molar refractivity (Wildman–Crippen MR) is 98.6 cm³/mol. The van der Waals surface area contributed by atoms with Gasteiger partial charge < -0.3 is 14.6 Å². The van der Waals surface area contributed by atoms with Gasteiger partial charge >= 0.3 is 5.97 Å². The first-order valence-corrected chi connectivity index (χ1v) is 8.63. The van der Waals surface area contributed by atoms with Crippen molar-refractivity contribution in [2.45, 2.75) is 25.4 Å². The summed E-state index contributed by atoms with van der Waals surface area (Å²) in [4.78, 5) is 30.2. The highest BCUT2D eigenvalue weighted by Gasteiger charge is 2.42. The summed E-state index contributed by atoms with van der Waals surface area (Å²) in [5, 5.41) is 1.08. The maximum absolute atomic E-state index is 12.5. The van der Waals surface area contributed by atoms with Crippen molar-refractivity contribution in [2.24, 2.45) is 0 Å². The lowest BCUT2D eigenvalue weighted by atomic mass is 9.88. The summed E-state index contributed by atoms with van der Waals surface area (Å²) in [7, 11) is 1.36. The van der Waals surface area contributed by atoms with Crippen molar-refractivity contribution in [3.8, 4) is 0 Å². The fourth-order valence-electron chi connectivity index (χ4n) is 3.98. The van der Waals surface area contributed by atoms with Crippen molar-refractivity contribution in [1.29, 1.82) is 0 Å². The van der Waals surface area contributed by atoms with Crippen molar-refractivity contribution in [2.75, 3.05) is 7.11 Å². The molecule has 0 saturated heterocycles. The Bertz CT molecular complexity index is 977. The number of rotatable bonds is 2. The van der Waals surface area contributed by atoms with Gasteiger partial charge in [-0.15, -0.1) is 0 Å². The van der Waals surface area contributed by atoms with Gasteiger partial charge in [-0.25, -0.2) is 4.79 Å². The molecule has 2 heterocycles. The largest absolute Gasteiger partial charge is 0.467 e. The van der Waals surface area contributed by atoms with Crippen LogP contribution in [-0.2, 0) is 20.7 Å². The van der Waals surface area contributed by atoms with Crippen LogP contribution >= 0.6 is 0 Å². The van der Waals surface area contributed by atoms with E-state index < -0.39 is 12.0 Å². The summed E-state index contributed by atoms with van der Waals surface area (Å²) >= 11 is 0. The SMILES string of the molecule is COC(=O)[C@@H]1Cc2c([nH]c3ccccc23)[C@@H](c2ccccc2)N1C(C)=O. The number of aromatic amines is 1. The number of aromatic nitrogens is 1. The molecule has 0 aliphatic carbocycles. The average Bonchev–Trinajstić information content (AvgIpc) is 3.04. The van der Waals surface area contributed by atoms with Crippen LogP contribution < -0.4 is 0 Å². The van der Waals surface area contributed by atoms with Crippen LogP contribution in [0.4, 0.5) is 0 Å². The fraction of sp³-hybridized carbons (Fsp3) is 0.238. The molecule has 1 N–H and O–H groups in total. The van der Waals surface area contributed by atoms with E-state index in [1.54, 1.807) is 4.90 Å². The van der Waals surface area contributed by atoms with Crippen LogP contribution in [-0.4, -0.2) is 34.9 Å². The van der Waals surface area contributed by atoms with Gasteiger partial charge in [0.05, 0.1) is 13.2 Å². The number of nitrogens with one attached hydrogen (secondary N) is 1. The zero-order valence-corrected chi connectivity index (χ0v) is 14.7. The average molecular weight is 348 g/mol. The van der Waals surface area contributed by atoms with Gasteiger partial charge in [-0.05, 0) is 17.2 Å². The maximum atomic E-state index is 12.5. The molecule has 2 atom stereocenters. The Morgan fingerprint density at radius 1 is 1.08 bits per heavy atom. The molecule has 132 valence electrons. The number of hydrogen-bond acceptors (Lipinski definition) is 3. The molecule has 3 aromatic rings. The van der Waals surface area contributed by atoms with E-state index in [0.29, 0.717) is 6.42 Å². The van der Waals surface area contributed by atoms with E-state index in [4.69, 9.17) is 4.74 Å². The van der Waals surface area contributed by atoms with Crippen molar-refractivity contribution in [3.63, 3.8) is 0 Å². The monoisotopic (exact) mass is 348 g/mol. The highest BCUT2D eigenvalue weighted by Crippen LogP contribution is 2.41. The number of carbonyl (C=O) groups is 2. The standard InChI is InChI=1S/C21H20N2O3/c1-13(24)23-18(21(25)26-2)12-16-15-10-6-7-11-17(15)22-19(16)20(23)14-8-4-3-5-9-14/h3-11,18,20,22H,12H2,1-2H3/t18-,20+/m0/s1. The van der Waals surface area contributed by atoms with E-state index in [1.165, 1.54) is 14.0 Å². The second kappa shape index (κ2) is 6.33. The number of methoxy groups -OCH3 is 1. The van der Waals surface area contributed by atoms with Crippen LogP contribution in [0.1, 0.15) is 29.8 Å². The summed E-state index contributed by atoms with van der Waals surface area (Å²) in [6.45, 7) is 1.50. The minimum absolute atomic E-state index is 0.154. The van der Waals surface area contributed by atoms with Gasteiger partial charge in [-0.3, -0.25) is 4.79 Å². The third kappa shape index (κ3) is 2.47. The molecule has 1 amide bonds. The van der Waals surface area contributed by atoms with Gasteiger partial charge in [0.2, 0.25) is 5.91 Å². The minimum atomic E-state index is -0.644. The number of carbonyl (C=O) groups excluding carboxylic acids is 2. The molecule has 0 fully saturated rings. The second-order valence-corrected chi connectivity index (χ2v) is 6.55. The van der Waals surface area contributed by atoms with Crippen LogP contribution in [0.15, 0.2) is 54.6 Å². The Labute approximate surface area is 151 Å². The number of fused-ring (bicyclic) bond motifs is 3. The van der Waals surface area contributed by atoms with Crippen LogP contribution in [0.25, 0.3) is 10.9 Å². The molecule has 5 heteroatoms. The lowest BCUT2D eigenvalue weighted by Gasteiger charge is -2.40. The first-order valence-electron chi connectivity index (χ1n) is 8.63. The molecule has 0 spiro atoms. The summed E-state index contributed by atoms with van der Waals surface area (Å²) in [6, 6.07) is 16.8. The first-order chi connectivity index (χ1) is 12.6. The number of H-pyrrole nitrogens is 1. The normalized spacial score (nSPS) is 19.2. The molecule has 0 radical (unpaired) electrons. The summed E-state index contributed by atoms with van der Waals surface area (Å²) in [6.07, 6.45) is 0.439. The number of esters is 1. The molecule has 2 aromatic carbocycles. The van der Waals surface area contributed by atoms with Gasteiger partial charge in [0.25, 0.3) is 0 Å². The highest BCUT2D eigenvalue weighted by molar-refractivity contribution is 5.90. The Morgan fingerprint density at radius 3 is 2.46 bits per heavy atom. The summed E-state index contributed by atoms with van der Waals surface area (Å²) in [5.74, 6) is -0.546. The fourth-order valence-corrected chi connectivity index (χ4v) is 3.98. The van der Waals surface area contributed by atoms with E-state index in [0.717, 1.165) is 27.7 Å². The van der Waals surface area contributed by atoms with E-state index in [9.17, 15) is 9.59 Å². The van der Waals surface area contributed by atoms with Gasteiger partial charge in [0.15, 0.2) is 0 Å². The van der Waals surface area contributed by atoms with Crippen molar-refractivity contribution in [3.05, 3.63) is 71.4 Å². The zero-order valence-electron chi connectivity index (χ0n) is 14.7. The van der Waals surface area contributed by atoms with Gasteiger partial charge in [0, 0.05) is 29.9 Å². The van der Waals surface area contributed by atoms with E-state index >= 15 is 0 Å². The molecular weight excluding hydrogens is 328 g/mol. The zero-order chi connectivity index (χ0) is 18.3. The van der Waals surface area contributed by atoms with Crippen LogP contribution in [0, 0.1) is 0 Å². The van der Waals surface area contributed by atoms with Crippen molar-refractivity contribution in [1.82, 2.24) is 9.88 Å². The van der Waals surface area contributed by atoms with E-state index in [-0.39, 0.29) is 11.9 Å². The molecule has 0 saturated carbocycles. The Morgan fingerprint density at radius 2 is 1.77 bits per heavy atom. The molecule has 26 heavy (non-hydrogen) atoms. The molecular formula is C21H20N2O3. The number of ether oxygens (including phenoxy) is 1. The quantitative estimate of drug-likeness (QED) is 0.724. The lowest BCUT2D eigenvalue weighted by molar-refractivity contribution is -0.154. The summed E-state index contributed by atoms with van der Waals surface area (Å²) in [5.41, 5.74) is 4.01. The highest BCUT2D eigenvalue weighted by atomic mass is 16.5. The summed E-state index contributed by atoms with van der Waals surface area (Å²) < 4.78 is 5.01. The number of hydrogen-bond donors (Lipinski definition) is 1. The number of para-hydroxylation sites is 1. The van der Waals surface area contributed by atoms with Crippen molar-refractivity contribution < 1.29 is 14.3 Å². The third-order valence-corrected chi connectivity index (χ3v) is 5.08. The van der Waals surface area contributed by atoms with E-state index in [1.807, 2.05) is 54.6 Å². The maximum Gasteiger partial charge on any atom is 0.328 e. The van der Waals surface area contributed by atoms with Crippen LogP contribution in [0.2, 0.25) is 0 Å². The molecule has 1 aliphatic rings. The van der Waals surface area contributed by atoms with Gasteiger partial charge in [-0.1, -0.05) is 48.5 Å². The Kier molecular flexibility index (Phi) is 3.99. The smallest absolute Gasteiger partial charge is 0.328 e. The molecule has 4 rings (SSSR count). The minimum Gasteiger partial charge on any atom is -0.467 e. The Balaban J connectivity index is 1.98. The molecule has 1 aromatic heterocycles. The second-order valence-electron chi connectivity index (χ2n) is 6.55. The van der Waals surface area contributed by atoms with Crippen LogP contribution in [0.5, 0.6) is 0 Å². The van der Waals surface area contributed by atoms with Gasteiger partial charge in [-0.2, -0.15) is 0 Å². The number of amides is 1. The van der Waals surface area contributed by atoms with Crippen LogP contribution in [0.3, 0.4) is 0 Å². The Hall–Kier alpha value is -3.08. The lowest BCUT2D eigenvalue weighted by Crippen LogP contribution is -2.51. The predicted octanol–water partition coefficient (Wildman–Crippen LogP) is 3.20. The topological polar surface area (TPSA) is 62.4 Å². The molecule has 0 bridgehead atoms. The van der Waals surface area contributed by atoms with E-state index in [2.05, 4.69) is 4.98 Å². The third-order valence-electron chi connectivity index (χ3n) is 5.08. The molecule has 1 aliphatic heterocycles.